The van der Waals surface area contributed by atoms with Gasteiger partial charge in [-0.3, -0.25) is 4.79 Å². The van der Waals surface area contributed by atoms with Gasteiger partial charge >= 0.3 is 6.61 Å². The zero-order valence-electron chi connectivity index (χ0n) is 16.0. The summed E-state index contributed by atoms with van der Waals surface area (Å²) in [7, 11) is 0. The van der Waals surface area contributed by atoms with Gasteiger partial charge in [-0.2, -0.15) is 8.78 Å². The first-order valence-corrected chi connectivity index (χ1v) is 9.46. The van der Waals surface area contributed by atoms with E-state index in [0.717, 1.165) is 22.0 Å². The third-order valence-electron chi connectivity index (χ3n) is 4.65. The number of aryl methyl sites for hydroxylation is 2. The van der Waals surface area contributed by atoms with Gasteiger partial charge in [-0.1, -0.05) is 12.1 Å². The van der Waals surface area contributed by atoms with Crippen molar-refractivity contribution in [3.05, 3.63) is 69.5 Å². The second-order valence-corrected chi connectivity index (χ2v) is 7.04. The fraction of sp³-hybridized carbons (Fsp3) is 0.238. The van der Waals surface area contributed by atoms with Crippen molar-refractivity contribution in [2.45, 2.75) is 26.9 Å². The Morgan fingerprint density at radius 3 is 2.59 bits per heavy atom. The van der Waals surface area contributed by atoms with E-state index in [1.165, 1.54) is 12.1 Å². The van der Waals surface area contributed by atoms with Gasteiger partial charge in [-0.25, -0.2) is 0 Å². The topological polar surface area (TPSA) is 66.2 Å². The maximum Gasteiger partial charge on any atom is 0.387 e. The number of anilines is 1. The summed E-state index contributed by atoms with van der Waals surface area (Å²) in [5, 5.41) is 7.36. The van der Waals surface area contributed by atoms with Crippen molar-refractivity contribution in [2.24, 2.45) is 0 Å². The van der Waals surface area contributed by atoms with E-state index in [0.29, 0.717) is 29.3 Å². The Kier molecular flexibility index (Phi) is 6.43. The van der Waals surface area contributed by atoms with E-state index in [1.54, 1.807) is 12.1 Å². The van der Waals surface area contributed by atoms with E-state index in [1.807, 2.05) is 32.0 Å². The van der Waals surface area contributed by atoms with Gasteiger partial charge < -0.3 is 20.4 Å². The van der Waals surface area contributed by atoms with Crippen molar-refractivity contribution >= 4 is 33.9 Å². The van der Waals surface area contributed by atoms with Crippen LogP contribution in [0.3, 0.4) is 0 Å². The lowest BCUT2D eigenvalue weighted by atomic mass is 10.0. The lowest BCUT2D eigenvalue weighted by Gasteiger charge is -2.12. The van der Waals surface area contributed by atoms with Gasteiger partial charge in [0.1, 0.15) is 5.75 Å². The van der Waals surface area contributed by atoms with Gasteiger partial charge in [-0.05, 0) is 79.3 Å². The molecule has 0 spiro atoms. The highest BCUT2D eigenvalue weighted by Gasteiger charge is 2.07. The van der Waals surface area contributed by atoms with Crippen molar-refractivity contribution in [3.8, 4) is 5.75 Å². The van der Waals surface area contributed by atoms with E-state index in [2.05, 4.69) is 20.4 Å². The highest BCUT2D eigenvalue weighted by Crippen LogP contribution is 2.19. The van der Waals surface area contributed by atoms with Crippen LogP contribution in [0.4, 0.5) is 14.5 Å². The van der Waals surface area contributed by atoms with Crippen LogP contribution in [0.2, 0.25) is 0 Å². The Morgan fingerprint density at radius 1 is 1.17 bits per heavy atom. The summed E-state index contributed by atoms with van der Waals surface area (Å²) in [5.41, 5.74) is 4.26. The molecule has 29 heavy (non-hydrogen) atoms. The number of aromatic nitrogens is 1. The monoisotopic (exact) mass is 417 g/mol. The molecule has 0 bridgehead atoms. The Balaban J connectivity index is 1.57. The maximum atomic E-state index is 12.4. The fourth-order valence-corrected chi connectivity index (χ4v) is 3.18. The number of hydrogen-bond donors (Lipinski definition) is 3. The number of ether oxygens (including phenoxy) is 1. The molecule has 0 fully saturated rings. The fourth-order valence-electron chi connectivity index (χ4n) is 2.96. The van der Waals surface area contributed by atoms with Crippen LogP contribution < -0.4 is 20.9 Å². The first-order valence-electron chi connectivity index (χ1n) is 9.05. The SMILES string of the molecule is Cc1ccc2cc(CCNC(=S)Nc3ccc(OC(F)F)cc3)c(=O)[nH]c2c1C. The summed E-state index contributed by atoms with van der Waals surface area (Å²) < 4.78 is 28.6. The van der Waals surface area contributed by atoms with E-state index >= 15 is 0 Å². The molecule has 0 saturated heterocycles. The summed E-state index contributed by atoms with van der Waals surface area (Å²) in [5.74, 6) is 0.0744. The average molecular weight is 417 g/mol. The molecule has 0 amide bonds. The number of alkyl halides is 2. The third-order valence-corrected chi connectivity index (χ3v) is 4.89. The zero-order valence-corrected chi connectivity index (χ0v) is 16.8. The van der Waals surface area contributed by atoms with Gasteiger partial charge in [0.05, 0.1) is 5.52 Å². The number of nitrogens with one attached hydrogen (secondary N) is 3. The van der Waals surface area contributed by atoms with Crippen LogP contribution >= 0.6 is 12.2 Å². The van der Waals surface area contributed by atoms with E-state index in [-0.39, 0.29) is 11.3 Å². The summed E-state index contributed by atoms with van der Waals surface area (Å²) >= 11 is 5.24. The number of rotatable bonds is 6. The number of pyridine rings is 1. The largest absolute Gasteiger partial charge is 0.435 e. The zero-order chi connectivity index (χ0) is 21.0. The Morgan fingerprint density at radius 2 is 1.90 bits per heavy atom. The molecule has 5 nitrogen and oxygen atoms in total. The van der Waals surface area contributed by atoms with E-state index < -0.39 is 6.61 Å². The molecule has 0 unspecified atom stereocenters. The van der Waals surface area contributed by atoms with Crippen molar-refractivity contribution in [2.75, 3.05) is 11.9 Å². The lowest BCUT2D eigenvalue weighted by molar-refractivity contribution is -0.0498. The number of benzene rings is 2. The number of fused-ring (bicyclic) bond motifs is 1. The molecular formula is C21H21F2N3O2S. The molecule has 1 aromatic heterocycles. The predicted molar refractivity (Wildman–Crippen MR) is 115 cm³/mol. The van der Waals surface area contributed by atoms with Crippen molar-refractivity contribution in [1.29, 1.82) is 0 Å². The molecular weight excluding hydrogens is 396 g/mol. The average Bonchev–Trinajstić information content (AvgIpc) is 2.67. The highest BCUT2D eigenvalue weighted by atomic mass is 32.1. The number of halogens is 2. The molecule has 0 aliphatic heterocycles. The molecule has 0 saturated carbocycles. The number of aromatic amines is 1. The lowest BCUT2D eigenvalue weighted by Crippen LogP contribution is -2.31. The quantitative estimate of drug-likeness (QED) is 0.523. The van der Waals surface area contributed by atoms with Gasteiger partial charge in [-0.15, -0.1) is 0 Å². The minimum Gasteiger partial charge on any atom is -0.435 e. The number of thiocarbonyl (C=S) groups is 1. The van der Waals surface area contributed by atoms with Crippen LogP contribution in [-0.2, 0) is 6.42 Å². The molecule has 2 aromatic carbocycles. The standard InChI is InChI=1S/C21H21F2N3O2S/c1-12-3-4-14-11-15(19(27)26-18(14)13(12)2)9-10-24-21(29)25-16-5-7-17(8-6-16)28-20(22)23/h3-8,11,20H,9-10H2,1-2H3,(H,26,27)(H2,24,25,29). The Bertz CT molecular complexity index is 1080. The summed E-state index contributed by atoms with van der Waals surface area (Å²) in [6, 6.07) is 12.0. The molecule has 152 valence electrons. The molecule has 0 radical (unpaired) electrons. The second kappa shape index (κ2) is 9.00. The van der Waals surface area contributed by atoms with Gasteiger partial charge in [0.2, 0.25) is 0 Å². The summed E-state index contributed by atoms with van der Waals surface area (Å²) in [6.07, 6.45) is 0.501. The van der Waals surface area contributed by atoms with Gasteiger partial charge in [0.15, 0.2) is 5.11 Å². The highest BCUT2D eigenvalue weighted by molar-refractivity contribution is 7.80. The minimum absolute atomic E-state index is 0.0744. The normalized spacial score (nSPS) is 10.9. The van der Waals surface area contributed by atoms with Crippen molar-refractivity contribution in [3.63, 3.8) is 0 Å². The molecule has 0 aliphatic carbocycles. The predicted octanol–water partition coefficient (Wildman–Crippen LogP) is 4.28. The number of H-pyrrole nitrogens is 1. The molecule has 0 aliphatic rings. The van der Waals surface area contributed by atoms with Crippen LogP contribution in [0.1, 0.15) is 16.7 Å². The van der Waals surface area contributed by atoms with Crippen molar-refractivity contribution in [1.82, 2.24) is 10.3 Å². The van der Waals surface area contributed by atoms with Crippen LogP contribution in [0.25, 0.3) is 10.9 Å². The number of hydrogen-bond acceptors (Lipinski definition) is 3. The molecule has 8 heteroatoms. The maximum absolute atomic E-state index is 12.4. The molecule has 3 rings (SSSR count). The third kappa shape index (κ3) is 5.29. The first-order chi connectivity index (χ1) is 13.8. The smallest absolute Gasteiger partial charge is 0.387 e. The molecule has 1 heterocycles. The van der Waals surface area contributed by atoms with Crippen LogP contribution in [-0.4, -0.2) is 23.3 Å². The van der Waals surface area contributed by atoms with E-state index in [4.69, 9.17) is 12.2 Å². The van der Waals surface area contributed by atoms with Crippen LogP contribution in [0.15, 0.2) is 47.3 Å². The summed E-state index contributed by atoms with van der Waals surface area (Å²) in [6.45, 7) is 1.61. The van der Waals surface area contributed by atoms with Crippen molar-refractivity contribution < 1.29 is 13.5 Å². The van der Waals surface area contributed by atoms with Crippen LogP contribution in [0, 0.1) is 13.8 Å². The second-order valence-electron chi connectivity index (χ2n) is 6.63. The van der Waals surface area contributed by atoms with E-state index in [9.17, 15) is 13.6 Å². The minimum atomic E-state index is -2.86. The van der Waals surface area contributed by atoms with Crippen LogP contribution in [0.5, 0.6) is 5.75 Å². The molecule has 0 atom stereocenters. The first kappa shape index (κ1) is 20.7. The van der Waals surface area contributed by atoms with Gasteiger partial charge in [0.25, 0.3) is 5.56 Å². The summed E-state index contributed by atoms with van der Waals surface area (Å²) in [4.78, 5) is 15.3. The Labute approximate surface area is 172 Å². The Hall–Kier alpha value is -3.00. The van der Waals surface area contributed by atoms with Gasteiger partial charge in [0, 0.05) is 17.8 Å². The molecule has 3 N–H and O–H groups in total. The molecule has 3 aromatic rings.